The summed E-state index contributed by atoms with van der Waals surface area (Å²) in [5.41, 5.74) is 0.635. The van der Waals surface area contributed by atoms with Gasteiger partial charge in [-0.1, -0.05) is 0 Å². The molecule has 0 saturated carbocycles. The number of allylic oxidation sites excluding steroid dienone is 1. The van der Waals surface area contributed by atoms with Gasteiger partial charge in [0.15, 0.2) is 0 Å². The summed E-state index contributed by atoms with van der Waals surface area (Å²) in [6, 6.07) is 8.31. The molecular formula is C22H24FN7O2. The van der Waals surface area contributed by atoms with Gasteiger partial charge in [0, 0.05) is 18.1 Å². The highest BCUT2D eigenvalue weighted by Crippen LogP contribution is 2.24. The van der Waals surface area contributed by atoms with Gasteiger partial charge >= 0.3 is 0 Å². The van der Waals surface area contributed by atoms with Crippen molar-refractivity contribution in [3.05, 3.63) is 41.2 Å². The van der Waals surface area contributed by atoms with Gasteiger partial charge in [0.25, 0.3) is 5.91 Å². The molecule has 2 heterocycles. The van der Waals surface area contributed by atoms with Crippen molar-refractivity contribution in [1.82, 2.24) is 15.3 Å². The second-order valence-corrected chi connectivity index (χ2v) is 7.62. The van der Waals surface area contributed by atoms with Crippen LogP contribution in [0.1, 0.15) is 36.8 Å². The molecule has 9 nitrogen and oxygen atoms in total. The van der Waals surface area contributed by atoms with E-state index in [1.807, 2.05) is 12.1 Å². The van der Waals surface area contributed by atoms with Crippen LogP contribution >= 0.6 is 0 Å². The van der Waals surface area contributed by atoms with Crippen molar-refractivity contribution >= 4 is 23.9 Å². The summed E-state index contributed by atoms with van der Waals surface area (Å²) in [4.78, 5) is 20.0. The van der Waals surface area contributed by atoms with Crippen molar-refractivity contribution in [2.75, 3.05) is 11.9 Å². The van der Waals surface area contributed by atoms with E-state index in [2.05, 4.69) is 20.6 Å². The first-order valence-electron chi connectivity index (χ1n) is 9.71. The number of hydrogen-bond donors (Lipinski definition) is 5. The first-order valence-corrected chi connectivity index (χ1v) is 9.71. The van der Waals surface area contributed by atoms with Crippen LogP contribution in [0, 0.1) is 28.1 Å². The van der Waals surface area contributed by atoms with E-state index in [0.717, 1.165) is 6.21 Å². The van der Waals surface area contributed by atoms with Gasteiger partial charge in [-0.2, -0.15) is 10.5 Å². The van der Waals surface area contributed by atoms with E-state index in [9.17, 15) is 14.3 Å². The van der Waals surface area contributed by atoms with Crippen LogP contribution in [0.15, 0.2) is 30.0 Å². The number of aliphatic hydroxyl groups is 1. The summed E-state index contributed by atoms with van der Waals surface area (Å²) < 4.78 is 14.0. The molecule has 0 aliphatic carbocycles. The van der Waals surface area contributed by atoms with Crippen LogP contribution < -0.4 is 10.6 Å². The van der Waals surface area contributed by atoms with Crippen LogP contribution in [0.3, 0.4) is 0 Å². The fourth-order valence-electron chi connectivity index (χ4n) is 2.62. The van der Waals surface area contributed by atoms with E-state index in [-0.39, 0.29) is 11.1 Å². The Morgan fingerprint density at radius 3 is 2.75 bits per heavy atom. The molecule has 0 aliphatic heterocycles. The number of pyridine rings is 1. The number of aromatic nitrogens is 2. The van der Waals surface area contributed by atoms with Gasteiger partial charge in [0.2, 0.25) is 0 Å². The lowest BCUT2D eigenvalue weighted by atomic mass is 10.0. The first-order chi connectivity index (χ1) is 15.1. The number of nitriles is 2. The number of halogens is 1. The fourth-order valence-corrected chi connectivity index (χ4v) is 2.62. The van der Waals surface area contributed by atoms with Crippen molar-refractivity contribution in [3.8, 4) is 23.5 Å². The molecule has 2 aromatic rings. The Kier molecular flexibility index (Phi) is 7.83. The highest BCUT2D eigenvalue weighted by atomic mass is 19.1. The summed E-state index contributed by atoms with van der Waals surface area (Å²) in [5, 5.41) is 40.4. The van der Waals surface area contributed by atoms with Gasteiger partial charge in [-0.15, -0.1) is 0 Å². The molecule has 0 aromatic carbocycles. The molecule has 10 heteroatoms. The van der Waals surface area contributed by atoms with Gasteiger partial charge < -0.3 is 26.1 Å². The molecule has 0 fully saturated rings. The third-order valence-electron chi connectivity index (χ3n) is 4.50. The summed E-state index contributed by atoms with van der Waals surface area (Å²) in [6.07, 6.45) is 2.09. The van der Waals surface area contributed by atoms with Crippen LogP contribution in [0.2, 0.25) is 0 Å². The number of carbonyl (C=O) groups is 1. The number of nitrogens with one attached hydrogen (secondary N) is 4. The van der Waals surface area contributed by atoms with E-state index >= 15 is 0 Å². The van der Waals surface area contributed by atoms with E-state index in [1.54, 1.807) is 25.1 Å². The fraction of sp³-hybridized carbons (Fsp3) is 0.318. The highest BCUT2D eigenvalue weighted by molar-refractivity contribution is 6.00. The van der Waals surface area contributed by atoms with Gasteiger partial charge in [-0.25, -0.2) is 4.39 Å². The van der Waals surface area contributed by atoms with Crippen LogP contribution in [-0.4, -0.2) is 51.6 Å². The third-order valence-corrected chi connectivity index (χ3v) is 4.50. The average molecular weight is 437 g/mol. The van der Waals surface area contributed by atoms with Crippen LogP contribution in [0.4, 0.5) is 10.1 Å². The third kappa shape index (κ3) is 6.24. The minimum atomic E-state index is -1.67. The van der Waals surface area contributed by atoms with Gasteiger partial charge in [-0.05, 0) is 45.0 Å². The van der Waals surface area contributed by atoms with Crippen molar-refractivity contribution in [2.45, 2.75) is 38.6 Å². The maximum atomic E-state index is 14.0. The molecule has 0 aliphatic rings. The van der Waals surface area contributed by atoms with E-state index in [4.69, 9.17) is 15.9 Å². The molecule has 0 saturated heterocycles. The average Bonchev–Trinajstić information content (AvgIpc) is 3.23. The van der Waals surface area contributed by atoms with E-state index in [1.165, 1.54) is 26.1 Å². The minimum absolute atomic E-state index is 0.112. The molecular weight excluding hydrogens is 413 g/mol. The number of nitrogens with zero attached hydrogens (tertiary/aromatic N) is 3. The minimum Gasteiger partial charge on any atom is -0.387 e. The molecule has 2 aromatic heterocycles. The van der Waals surface area contributed by atoms with Crippen LogP contribution in [0.25, 0.3) is 17.5 Å². The zero-order valence-electron chi connectivity index (χ0n) is 17.9. The number of H-pyrrole nitrogens is 1. The van der Waals surface area contributed by atoms with Gasteiger partial charge in [0.05, 0.1) is 46.4 Å². The molecule has 1 amide bonds. The van der Waals surface area contributed by atoms with Crippen molar-refractivity contribution < 1.29 is 14.3 Å². The van der Waals surface area contributed by atoms with Crippen molar-refractivity contribution in [2.24, 2.45) is 0 Å². The Bertz CT molecular complexity index is 1100. The Morgan fingerprint density at radius 1 is 1.44 bits per heavy atom. The molecule has 5 N–H and O–H groups in total. The predicted octanol–water partition coefficient (Wildman–Crippen LogP) is 2.80. The zero-order valence-corrected chi connectivity index (χ0v) is 17.9. The topological polar surface area (TPSA) is 161 Å². The summed E-state index contributed by atoms with van der Waals surface area (Å²) in [6.45, 7) is 3.84. The van der Waals surface area contributed by atoms with Crippen LogP contribution in [-0.2, 0) is 0 Å². The van der Waals surface area contributed by atoms with Gasteiger partial charge in [-0.3, -0.25) is 9.78 Å². The lowest BCUT2D eigenvalue weighted by Gasteiger charge is -2.22. The molecule has 32 heavy (non-hydrogen) atoms. The number of carbonyl (C=O) groups excluding carboxylic acids is 1. The summed E-state index contributed by atoms with van der Waals surface area (Å²) >= 11 is 0. The number of rotatable bonds is 9. The lowest BCUT2D eigenvalue weighted by molar-refractivity contribution is -0.00177. The molecule has 0 spiro atoms. The Morgan fingerprint density at radius 2 is 2.16 bits per heavy atom. The Labute approximate surface area is 185 Å². The van der Waals surface area contributed by atoms with E-state index in [0.29, 0.717) is 22.8 Å². The van der Waals surface area contributed by atoms with Crippen molar-refractivity contribution in [1.29, 1.82) is 15.9 Å². The number of hydrogen-bond acceptors (Lipinski definition) is 7. The second kappa shape index (κ2) is 10.3. The Hall–Kier alpha value is -4.02. The summed E-state index contributed by atoms with van der Waals surface area (Å²) in [5.74, 6) is -0.608. The molecule has 0 bridgehead atoms. The summed E-state index contributed by atoms with van der Waals surface area (Å²) in [7, 11) is 0. The maximum absolute atomic E-state index is 14.0. The quantitative estimate of drug-likeness (QED) is 0.299. The van der Waals surface area contributed by atoms with E-state index < -0.39 is 30.3 Å². The standard InChI is InChI=1S/C22H24FN7O2/c1-13(8-24)29-18-7-19(17-5-4-15(30-17)6-14(9-25)10-26)27-11-16(18)21(31)28-12-20(23)22(2,3)32/h4-7,9,11,13,20,25,30,32H,12H2,1-3H3,(H,27,29)(H,28,31)/b14-6+,25-9?/t13-,20-/m1/s1. The number of alkyl halides is 1. The smallest absolute Gasteiger partial charge is 0.255 e. The molecule has 0 radical (unpaired) electrons. The van der Waals surface area contributed by atoms with Crippen molar-refractivity contribution in [3.63, 3.8) is 0 Å². The normalized spacial score (nSPS) is 13.4. The highest BCUT2D eigenvalue weighted by Gasteiger charge is 2.27. The number of amides is 1. The largest absolute Gasteiger partial charge is 0.387 e. The number of aromatic amines is 1. The predicted molar refractivity (Wildman–Crippen MR) is 119 cm³/mol. The first kappa shape index (κ1) is 24.3. The zero-order chi connectivity index (χ0) is 23.9. The molecule has 0 unspecified atom stereocenters. The Balaban J connectivity index is 2.34. The van der Waals surface area contributed by atoms with Gasteiger partial charge in [0.1, 0.15) is 18.3 Å². The molecule has 166 valence electrons. The molecule has 2 atom stereocenters. The second-order valence-electron chi connectivity index (χ2n) is 7.62. The monoisotopic (exact) mass is 437 g/mol. The van der Waals surface area contributed by atoms with Crippen LogP contribution in [0.5, 0.6) is 0 Å². The molecule has 2 rings (SSSR count). The number of anilines is 1. The maximum Gasteiger partial charge on any atom is 0.255 e. The lowest BCUT2D eigenvalue weighted by Crippen LogP contribution is -2.42. The SMILES string of the molecule is C[C@H](C#N)Nc1cc(-c2ccc(/C=C(/C#N)C=N)[nH]2)ncc1C(=O)NC[C@@H](F)C(C)(C)O.